The summed E-state index contributed by atoms with van der Waals surface area (Å²) in [4.78, 5) is 0. The highest BCUT2D eigenvalue weighted by molar-refractivity contribution is 7.86. The maximum Gasteiger partial charge on any atom is 0.304 e. The van der Waals surface area contributed by atoms with Crippen molar-refractivity contribution in [1.29, 1.82) is 0 Å². The Labute approximate surface area is 173 Å². The van der Waals surface area contributed by atoms with Gasteiger partial charge in [-0.1, -0.05) is 37.3 Å². The molecule has 2 aromatic carbocycles. The van der Waals surface area contributed by atoms with Gasteiger partial charge in [0.15, 0.2) is 0 Å². The first-order chi connectivity index (χ1) is 13.8. The zero-order chi connectivity index (χ0) is 20.5. The Kier molecular flexibility index (Phi) is 5.44. The lowest BCUT2D eigenvalue weighted by atomic mass is 9.90. The first kappa shape index (κ1) is 20.4. The fourth-order valence-corrected chi connectivity index (χ4v) is 6.53. The molecule has 0 aliphatic carbocycles. The minimum atomic E-state index is -3.36. The van der Waals surface area contributed by atoms with E-state index in [0.29, 0.717) is 26.1 Å². The van der Waals surface area contributed by atoms with Crippen LogP contribution < -0.4 is 4.74 Å². The first-order valence-electron chi connectivity index (χ1n) is 10.2. The minimum Gasteiger partial charge on any atom is -0.493 e. The standard InChI is InChI=1S/C23H30NO4S/c1-23(16-27-17-23)18-28-21-12-10-19(11-13-21)15-24(2)14-6-9-22(29(24,25)26)20-7-4-3-5-8-20/h3-5,7-8,10-13,22H,6,9,14-18H2,1-2H3/q+1. The predicted molar refractivity (Wildman–Crippen MR) is 113 cm³/mol. The summed E-state index contributed by atoms with van der Waals surface area (Å²) in [5.74, 6) is 0.813. The number of nitrogens with zero attached hydrogens (tertiary/aromatic N) is 1. The largest absolute Gasteiger partial charge is 0.493 e. The van der Waals surface area contributed by atoms with Crippen molar-refractivity contribution in [3.8, 4) is 5.75 Å². The van der Waals surface area contributed by atoms with Gasteiger partial charge in [-0.05, 0) is 42.7 Å². The number of benzene rings is 2. The maximum atomic E-state index is 13.5. The van der Waals surface area contributed by atoms with Crippen LogP contribution in [0.5, 0.6) is 5.75 Å². The summed E-state index contributed by atoms with van der Waals surface area (Å²) in [7, 11) is -1.50. The molecular weight excluding hydrogens is 386 g/mol. The van der Waals surface area contributed by atoms with Gasteiger partial charge in [0, 0.05) is 11.0 Å². The third kappa shape index (κ3) is 4.06. The zero-order valence-electron chi connectivity index (χ0n) is 17.2. The number of ether oxygens (including phenoxy) is 2. The average molecular weight is 417 g/mol. The third-order valence-corrected chi connectivity index (χ3v) is 8.94. The monoisotopic (exact) mass is 416 g/mol. The summed E-state index contributed by atoms with van der Waals surface area (Å²) in [5.41, 5.74) is 2.01. The molecule has 29 heavy (non-hydrogen) atoms. The average Bonchev–Trinajstić information content (AvgIpc) is 2.69. The number of sulfonamides is 1. The van der Waals surface area contributed by atoms with Gasteiger partial charge in [-0.3, -0.25) is 0 Å². The number of hydrogen-bond acceptors (Lipinski definition) is 4. The van der Waals surface area contributed by atoms with Gasteiger partial charge in [-0.25, -0.2) is 3.89 Å². The van der Waals surface area contributed by atoms with Crippen LogP contribution in [0, 0.1) is 5.41 Å². The molecule has 2 unspecified atom stereocenters. The highest BCUT2D eigenvalue weighted by atomic mass is 32.2. The predicted octanol–water partition coefficient (Wildman–Crippen LogP) is 3.91. The first-order valence-corrected chi connectivity index (χ1v) is 11.7. The molecule has 2 heterocycles. The highest BCUT2D eigenvalue weighted by Crippen LogP contribution is 2.39. The second-order valence-corrected chi connectivity index (χ2v) is 11.5. The van der Waals surface area contributed by atoms with E-state index in [0.717, 1.165) is 36.5 Å². The van der Waals surface area contributed by atoms with Crippen molar-refractivity contribution < 1.29 is 21.8 Å². The van der Waals surface area contributed by atoms with Crippen molar-refractivity contribution in [3.05, 3.63) is 65.7 Å². The lowest BCUT2D eigenvalue weighted by Crippen LogP contribution is -2.53. The normalized spacial score (nSPS) is 27.7. The van der Waals surface area contributed by atoms with Gasteiger partial charge < -0.3 is 9.47 Å². The van der Waals surface area contributed by atoms with E-state index >= 15 is 0 Å². The van der Waals surface area contributed by atoms with Crippen LogP contribution >= 0.6 is 0 Å². The molecule has 2 aliphatic heterocycles. The lowest BCUT2D eigenvalue weighted by molar-refractivity contribution is -0.802. The van der Waals surface area contributed by atoms with Crippen molar-refractivity contribution >= 4 is 10.0 Å². The van der Waals surface area contributed by atoms with Crippen molar-refractivity contribution in [3.63, 3.8) is 0 Å². The van der Waals surface area contributed by atoms with Gasteiger partial charge in [0.05, 0.1) is 33.4 Å². The molecule has 2 saturated heterocycles. The fourth-order valence-electron chi connectivity index (χ4n) is 4.24. The van der Waals surface area contributed by atoms with Crippen LogP contribution in [0.4, 0.5) is 0 Å². The van der Waals surface area contributed by atoms with Crippen LogP contribution in [0.3, 0.4) is 0 Å². The molecule has 2 aromatic rings. The summed E-state index contributed by atoms with van der Waals surface area (Å²) in [6.07, 6.45) is 1.59. The van der Waals surface area contributed by atoms with Crippen LogP contribution in [0.1, 0.15) is 36.1 Å². The van der Waals surface area contributed by atoms with Crippen molar-refractivity contribution in [2.75, 3.05) is 33.4 Å². The minimum absolute atomic E-state index is 0.0438. The van der Waals surface area contributed by atoms with E-state index in [1.807, 2.05) is 61.6 Å². The van der Waals surface area contributed by atoms with E-state index in [1.165, 1.54) is 0 Å². The van der Waals surface area contributed by atoms with Crippen LogP contribution in [0.25, 0.3) is 0 Å². The van der Waals surface area contributed by atoms with E-state index in [4.69, 9.17) is 9.47 Å². The van der Waals surface area contributed by atoms with Gasteiger partial charge in [0.2, 0.25) is 0 Å². The van der Waals surface area contributed by atoms with Crippen molar-refractivity contribution in [2.24, 2.45) is 5.41 Å². The molecule has 0 spiro atoms. The molecule has 6 heteroatoms. The van der Waals surface area contributed by atoms with Crippen LogP contribution in [0.15, 0.2) is 54.6 Å². The summed E-state index contributed by atoms with van der Waals surface area (Å²) in [6.45, 7) is 5.37. The molecule has 0 saturated carbocycles. The quantitative estimate of drug-likeness (QED) is 0.670. The molecule has 2 fully saturated rings. The Hall–Kier alpha value is -1.89. The zero-order valence-corrected chi connectivity index (χ0v) is 18.0. The second-order valence-electron chi connectivity index (χ2n) is 8.97. The highest BCUT2D eigenvalue weighted by Gasteiger charge is 2.47. The summed E-state index contributed by atoms with van der Waals surface area (Å²) < 4.78 is 38.2. The molecule has 2 atom stereocenters. The maximum absolute atomic E-state index is 13.5. The Morgan fingerprint density at radius 3 is 2.41 bits per heavy atom. The summed E-state index contributed by atoms with van der Waals surface area (Å²) in [5, 5.41) is -0.435. The topological polar surface area (TPSA) is 52.6 Å². The van der Waals surface area contributed by atoms with E-state index < -0.39 is 15.3 Å². The van der Waals surface area contributed by atoms with Crippen LogP contribution in [0.2, 0.25) is 0 Å². The molecule has 2 aliphatic rings. The Balaban J connectivity index is 1.47. The van der Waals surface area contributed by atoms with E-state index in [-0.39, 0.29) is 9.30 Å². The van der Waals surface area contributed by atoms with Crippen molar-refractivity contribution in [1.82, 2.24) is 0 Å². The van der Waals surface area contributed by atoms with Crippen molar-refractivity contribution in [2.45, 2.75) is 31.6 Å². The number of rotatable bonds is 6. The molecular formula is C23H30NO4S+. The third-order valence-electron chi connectivity index (χ3n) is 6.17. The number of quaternary nitrogens is 1. The van der Waals surface area contributed by atoms with E-state index in [2.05, 4.69) is 6.92 Å². The SMILES string of the molecule is CC1(COc2ccc(C[N+]3(C)CCCC(c4ccccc4)S3(=O)=O)cc2)COC1. The molecule has 0 N–H and O–H groups in total. The van der Waals surface area contributed by atoms with Gasteiger partial charge >= 0.3 is 10.0 Å². The van der Waals surface area contributed by atoms with E-state index in [1.54, 1.807) is 0 Å². The molecule has 0 radical (unpaired) electrons. The van der Waals surface area contributed by atoms with Gasteiger partial charge in [-0.15, -0.1) is 0 Å². The second kappa shape index (κ2) is 7.74. The lowest BCUT2D eigenvalue weighted by Gasteiger charge is -2.40. The Morgan fingerprint density at radius 2 is 1.79 bits per heavy atom. The molecule has 5 nitrogen and oxygen atoms in total. The molecule has 0 aromatic heterocycles. The smallest absolute Gasteiger partial charge is 0.304 e. The van der Waals surface area contributed by atoms with Crippen LogP contribution in [-0.4, -0.2) is 45.7 Å². The van der Waals surface area contributed by atoms with E-state index in [9.17, 15) is 8.42 Å². The van der Waals surface area contributed by atoms with Gasteiger partial charge in [0.1, 0.15) is 17.5 Å². The summed E-state index contributed by atoms with van der Waals surface area (Å²) >= 11 is 0. The van der Waals surface area contributed by atoms with Gasteiger partial charge in [-0.2, -0.15) is 8.42 Å². The van der Waals surface area contributed by atoms with Crippen LogP contribution in [-0.2, 0) is 21.3 Å². The summed E-state index contributed by atoms with van der Waals surface area (Å²) in [6, 6.07) is 17.5. The molecule has 0 bridgehead atoms. The molecule has 0 amide bonds. The number of hydrogen-bond donors (Lipinski definition) is 0. The molecule has 4 rings (SSSR count). The van der Waals surface area contributed by atoms with Gasteiger partial charge in [0.25, 0.3) is 0 Å². The Bertz CT molecular complexity index is 939. The fraction of sp³-hybridized carbons (Fsp3) is 0.478. The molecule has 156 valence electrons. The Morgan fingerprint density at radius 1 is 1.10 bits per heavy atom.